The molecule has 0 atom stereocenters. The number of rotatable bonds is 2. The van der Waals surface area contributed by atoms with Gasteiger partial charge in [-0.1, -0.05) is 0 Å². The van der Waals surface area contributed by atoms with Crippen LogP contribution in [0.3, 0.4) is 0 Å². The molecule has 1 heterocycles. The Morgan fingerprint density at radius 3 is 2.81 bits per heavy atom. The first-order valence-electron chi connectivity index (χ1n) is 4.94. The highest BCUT2D eigenvalue weighted by Gasteiger charge is 2.13. The van der Waals surface area contributed by atoms with Crippen LogP contribution in [-0.4, -0.2) is 20.6 Å². The molecular weight excluding hydrogens is 272 g/mol. The monoisotopic (exact) mass is 282 g/mol. The van der Waals surface area contributed by atoms with E-state index in [1.54, 1.807) is 12.1 Å². The fraction of sp³-hybridized carbons (Fsp3) is 0.273. The standard InChI is InChI=1S/C11H11BrN2O2/c1-3-14-6(2)13-9-5-7(11(15)16)4-8(12)10(9)14/h4-5H,3H2,1-2H3,(H,15,16). The number of hydrogen-bond acceptors (Lipinski definition) is 2. The molecule has 0 fully saturated rings. The maximum Gasteiger partial charge on any atom is 0.335 e. The van der Waals surface area contributed by atoms with Crippen molar-refractivity contribution in [3.8, 4) is 0 Å². The summed E-state index contributed by atoms with van der Waals surface area (Å²) in [7, 11) is 0. The summed E-state index contributed by atoms with van der Waals surface area (Å²) in [5.41, 5.74) is 1.91. The van der Waals surface area contributed by atoms with E-state index in [9.17, 15) is 4.79 Å². The minimum Gasteiger partial charge on any atom is -0.478 e. The second-order valence-electron chi connectivity index (χ2n) is 3.53. The van der Waals surface area contributed by atoms with Crippen molar-refractivity contribution in [1.29, 1.82) is 0 Å². The first-order chi connectivity index (χ1) is 7.54. The number of benzene rings is 1. The molecule has 2 aromatic rings. The summed E-state index contributed by atoms with van der Waals surface area (Å²) in [4.78, 5) is 15.3. The summed E-state index contributed by atoms with van der Waals surface area (Å²) in [6.07, 6.45) is 0. The van der Waals surface area contributed by atoms with Crippen LogP contribution in [0.25, 0.3) is 11.0 Å². The Hall–Kier alpha value is -1.36. The fourth-order valence-electron chi connectivity index (χ4n) is 1.84. The summed E-state index contributed by atoms with van der Waals surface area (Å²) in [6.45, 7) is 4.76. The van der Waals surface area contributed by atoms with Gasteiger partial charge in [0.25, 0.3) is 0 Å². The minimum atomic E-state index is -0.939. The van der Waals surface area contributed by atoms with Gasteiger partial charge in [-0.3, -0.25) is 0 Å². The number of aryl methyl sites for hydroxylation is 2. The normalized spacial score (nSPS) is 10.9. The molecule has 0 aliphatic carbocycles. The number of fused-ring (bicyclic) bond motifs is 1. The van der Waals surface area contributed by atoms with Crippen LogP contribution in [0.4, 0.5) is 0 Å². The summed E-state index contributed by atoms with van der Waals surface area (Å²) in [5, 5.41) is 8.95. The second kappa shape index (κ2) is 3.90. The Morgan fingerprint density at radius 2 is 2.25 bits per heavy atom. The molecule has 0 aliphatic rings. The lowest BCUT2D eigenvalue weighted by Crippen LogP contribution is -1.99. The predicted octanol–water partition coefficient (Wildman–Crippen LogP) is 2.83. The topological polar surface area (TPSA) is 55.1 Å². The third-order valence-corrected chi connectivity index (χ3v) is 3.15. The lowest BCUT2D eigenvalue weighted by molar-refractivity contribution is 0.0697. The largest absolute Gasteiger partial charge is 0.478 e. The van der Waals surface area contributed by atoms with Gasteiger partial charge < -0.3 is 9.67 Å². The van der Waals surface area contributed by atoms with Crippen molar-refractivity contribution >= 4 is 32.9 Å². The molecule has 84 valence electrons. The number of aromatic carboxylic acids is 1. The number of carboxylic acid groups (broad SMARTS) is 1. The van der Waals surface area contributed by atoms with Crippen molar-refractivity contribution < 1.29 is 9.90 Å². The van der Waals surface area contributed by atoms with Crippen molar-refractivity contribution in [2.45, 2.75) is 20.4 Å². The van der Waals surface area contributed by atoms with Crippen LogP contribution in [0.5, 0.6) is 0 Å². The first kappa shape index (κ1) is 11.1. The number of carbonyl (C=O) groups is 1. The van der Waals surface area contributed by atoms with E-state index in [4.69, 9.17) is 5.11 Å². The predicted molar refractivity (Wildman–Crippen MR) is 64.8 cm³/mol. The number of halogens is 1. The Morgan fingerprint density at radius 1 is 1.56 bits per heavy atom. The lowest BCUT2D eigenvalue weighted by atomic mass is 10.2. The van der Waals surface area contributed by atoms with Gasteiger partial charge in [0.05, 0.1) is 16.6 Å². The molecule has 0 bridgehead atoms. The zero-order valence-electron chi connectivity index (χ0n) is 8.99. The molecule has 5 heteroatoms. The van der Waals surface area contributed by atoms with Crippen LogP contribution in [0.2, 0.25) is 0 Å². The Labute approximate surface area is 101 Å². The molecule has 1 N–H and O–H groups in total. The highest BCUT2D eigenvalue weighted by molar-refractivity contribution is 9.10. The van der Waals surface area contributed by atoms with E-state index in [-0.39, 0.29) is 5.56 Å². The Kier molecular flexibility index (Phi) is 2.71. The van der Waals surface area contributed by atoms with Crippen LogP contribution < -0.4 is 0 Å². The molecule has 0 amide bonds. The molecule has 0 saturated carbocycles. The summed E-state index contributed by atoms with van der Waals surface area (Å²) in [6, 6.07) is 3.21. The highest BCUT2D eigenvalue weighted by Crippen LogP contribution is 2.26. The molecule has 1 aromatic carbocycles. The number of imidazole rings is 1. The highest BCUT2D eigenvalue weighted by atomic mass is 79.9. The minimum absolute atomic E-state index is 0.250. The molecule has 0 radical (unpaired) electrons. The van der Waals surface area contributed by atoms with Gasteiger partial charge in [0.2, 0.25) is 0 Å². The molecule has 4 nitrogen and oxygen atoms in total. The van der Waals surface area contributed by atoms with Crippen LogP contribution in [0, 0.1) is 6.92 Å². The van der Waals surface area contributed by atoms with E-state index in [0.717, 1.165) is 22.4 Å². The van der Waals surface area contributed by atoms with Gasteiger partial charge in [0, 0.05) is 11.0 Å². The maximum atomic E-state index is 10.9. The van der Waals surface area contributed by atoms with Crippen molar-refractivity contribution in [3.63, 3.8) is 0 Å². The van der Waals surface area contributed by atoms with Gasteiger partial charge in [-0.25, -0.2) is 9.78 Å². The Balaban J connectivity index is 2.81. The summed E-state index contributed by atoms with van der Waals surface area (Å²) < 4.78 is 2.82. The molecule has 16 heavy (non-hydrogen) atoms. The first-order valence-corrected chi connectivity index (χ1v) is 5.73. The molecular formula is C11H11BrN2O2. The number of aromatic nitrogens is 2. The van der Waals surface area contributed by atoms with E-state index in [1.807, 2.05) is 18.4 Å². The van der Waals surface area contributed by atoms with Gasteiger partial charge in [-0.2, -0.15) is 0 Å². The smallest absolute Gasteiger partial charge is 0.335 e. The van der Waals surface area contributed by atoms with Crippen LogP contribution in [0.15, 0.2) is 16.6 Å². The lowest BCUT2D eigenvalue weighted by Gasteiger charge is -2.04. The number of carboxylic acids is 1. The van der Waals surface area contributed by atoms with Gasteiger partial charge in [0.1, 0.15) is 5.82 Å². The van der Waals surface area contributed by atoms with Crippen LogP contribution >= 0.6 is 15.9 Å². The van der Waals surface area contributed by atoms with E-state index in [2.05, 4.69) is 20.9 Å². The average molecular weight is 283 g/mol. The molecule has 0 saturated heterocycles. The fourth-order valence-corrected chi connectivity index (χ4v) is 2.51. The zero-order valence-corrected chi connectivity index (χ0v) is 10.6. The molecule has 0 spiro atoms. The van der Waals surface area contributed by atoms with Gasteiger partial charge >= 0.3 is 5.97 Å². The van der Waals surface area contributed by atoms with Crippen molar-refractivity contribution in [3.05, 3.63) is 28.0 Å². The number of hydrogen-bond donors (Lipinski definition) is 1. The van der Waals surface area contributed by atoms with Crippen molar-refractivity contribution in [1.82, 2.24) is 9.55 Å². The van der Waals surface area contributed by atoms with Gasteiger partial charge in [0.15, 0.2) is 0 Å². The van der Waals surface area contributed by atoms with Crippen molar-refractivity contribution in [2.75, 3.05) is 0 Å². The van der Waals surface area contributed by atoms with E-state index in [0.29, 0.717) is 5.52 Å². The maximum absolute atomic E-state index is 10.9. The molecule has 1 aromatic heterocycles. The Bertz CT molecular complexity index is 575. The van der Waals surface area contributed by atoms with Crippen LogP contribution in [0.1, 0.15) is 23.1 Å². The van der Waals surface area contributed by atoms with Gasteiger partial charge in [-0.15, -0.1) is 0 Å². The second-order valence-corrected chi connectivity index (χ2v) is 4.39. The van der Waals surface area contributed by atoms with Gasteiger partial charge in [-0.05, 0) is 41.9 Å². The SMILES string of the molecule is CCn1c(C)nc2cc(C(=O)O)cc(Br)c21. The zero-order chi connectivity index (χ0) is 11.9. The average Bonchev–Trinajstić information content (AvgIpc) is 2.53. The van der Waals surface area contributed by atoms with E-state index in [1.165, 1.54) is 0 Å². The van der Waals surface area contributed by atoms with E-state index >= 15 is 0 Å². The van der Waals surface area contributed by atoms with Crippen LogP contribution in [-0.2, 0) is 6.54 Å². The third kappa shape index (κ3) is 1.61. The quantitative estimate of drug-likeness (QED) is 0.922. The molecule has 0 unspecified atom stereocenters. The number of nitrogens with zero attached hydrogens (tertiary/aromatic N) is 2. The summed E-state index contributed by atoms with van der Waals surface area (Å²) >= 11 is 3.40. The molecule has 0 aliphatic heterocycles. The summed E-state index contributed by atoms with van der Waals surface area (Å²) in [5.74, 6) is -0.0490. The van der Waals surface area contributed by atoms with E-state index < -0.39 is 5.97 Å². The third-order valence-electron chi connectivity index (χ3n) is 2.55. The van der Waals surface area contributed by atoms with Crippen molar-refractivity contribution in [2.24, 2.45) is 0 Å². The molecule has 2 rings (SSSR count).